The van der Waals surface area contributed by atoms with Gasteiger partial charge in [-0.05, 0) is 5.56 Å². The molecule has 0 aliphatic carbocycles. The van der Waals surface area contributed by atoms with Crippen LogP contribution in [-0.4, -0.2) is 5.25 Å². The summed E-state index contributed by atoms with van der Waals surface area (Å²) in [6.07, 6.45) is 0. The van der Waals surface area contributed by atoms with Crippen molar-refractivity contribution >= 4 is 16.7 Å². The smallest absolute Gasteiger partial charge is 0.00751 e. The van der Waals surface area contributed by atoms with Gasteiger partial charge >= 0.3 is 0 Å². The van der Waals surface area contributed by atoms with Crippen LogP contribution in [0.1, 0.15) is 19.4 Å². The largest absolute Gasteiger partial charge is 0.123 e. The highest BCUT2D eigenvalue weighted by Crippen LogP contribution is 2.28. The monoisotopic (exact) mass is 178 g/mol. The summed E-state index contributed by atoms with van der Waals surface area (Å²) in [4.78, 5) is 1.16. The fourth-order valence-corrected chi connectivity index (χ4v) is 1.82. The van der Waals surface area contributed by atoms with E-state index in [0.29, 0.717) is 5.25 Å². The Balaban J connectivity index is 2.66. The topological polar surface area (TPSA) is 0 Å². The molecule has 0 radical (unpaired) electrons. The van der Waals surface area contributed by atoms with E-state index in [4.69, 9.17) is 0 Å². The maximum atomic E-state index is 4.03. The van der Waals surface area contributed by atoms with Crippen molar-refractivity contribution in [3.63, 3.8) is 0 Å². The predicted molar refractivity (Wildman–Crippen MR) is 58.2 cm³/mol. The second-order valence-electron chi connectivity index (χ2n) is 2.96. The number of hydrogen-bond donors (Lipinski definition) is 0. The lowest BCUT2D eigenvalue weighted by Crippen LogP contribution is -1.86. The third-order valence-electron chi connectivity index (χ3n) is 1.47. The lowest BCUT2D eigenvalue weighted by atomic mass is 10.2. The normalized spacial score (nSPS) is 10.2. The average Bonchev–Trinajstić information content (AvgIpc) is 2.05. The summed E-state index contributed by atoms with van der Waals surface area (Å²) >= 11 is 1.81. The molecule has 0 heterocycles. The first-order chi connectivity index (χ1) is 5.70. The molecule has 0 atom stereocenters. The molecule has 1 aromatic carbocycles. The first kappa shape index (κ1) is 9.40. The summed E-state index contributed by atoms with van der Waals surface area (Å²) in [7, 11) is 0. The highest BCUT2D eigenvalue weighted by atomic mass is 32.2. The van der Waals surface area contributed by atoms with Crippen molar-refractivity contribution in [3.05, 3.63) is 42.5 Å². The second kappa shape index (κ2) is 4.36. The lowest BCUT2D eigenvalue weighted by Gasteiger charge is -2.07. The first-order valence-electron chi connectivity index (χ1n) is 4.11. The molecule has 0 saturated heterocycles. The van der Waals surface area contributed by atoms with Gasteiger partial charge in [0.15, 0.2) is 0 Å². The zero-order chi connectivity index (χ0) is 8.97. The van der Waals surface area contributed by atoms with Crippen molar-refractivity contribution < 1.29 is 0 Å². The van der Waals surface area contributed by atoms with Crippen LogP contribution in [0.3, 0.4) is 0 Å². The highest BCUT2D eigenvalue weighted by molar-refractivity contribution is 8.08. The van der Waals surface area contributed by atoms with E-state index in [0.717, 1.165) is 4.91 Å². The maximum Gasteiger partial charge on any atom is 0.00751 e. The molecule has 0 amide bonds. The standard InChI is InChI=1S/C11H14S/c1-9(2)12-10(3)11-7-5-4-6-8-11/h4-9H,3H2,1-2H3. The van der Waals surface area contributed by atoms with E-state index >= 15 is 0 Å². The van der Waals surface area contributed by atoms with Crippen molar-refractivity contribution in [3.8, 4) is 0 Å². The molecule has 0 saturated carbocycles. The number of rotatable bonds is 3. The molecule has 0 bridgehead atoms. The summed E-state index contributed by atoms with van der Waals surface area (Å²) in [5.74, 6) is 0. The molecule has 0 aliphatic rings. The quantitative estimate of drug-likeness (QED) is 0.678. The molecule has 0 fully saturated rings. The van der Waals surface area contributed by atoms with E-state index in [1.54, 1.807) is 0 Å². The summed E-state index contributed by atoms with van der Waals surface area (Å²) in [6.45, 7) is 8.39. The Morgan fingerprint density at radius 1 is 1.25 bits per heavy atom. The summed E-state index contributed by atoms with van der Waals surface area (Å²) in [6, 6.07) is 10.3. The van der Waals surface area contributed by atoms with E-state index in [1.807, 2.05) is 30.0 Å². The van der Waals surface area contributed by atoms with Gasteiger partial charge in [-0.25, -0.2) is 0 Å². The van der Waals surface area contributed by atoms with Crippen LogP contribution >= 0.6 is 11.8 Å². The van der Waals surface area contributed by atoms with Gasteiger partial charge in [-0.3, -0.25) is 0 Å². The van der Waals surface area contributed by atoms with Crippen LogP contribution in [0.4, 0.5) is 0 Å². The Labute approximate surface area is 78.7 Å². The predicted octanol–water partition coefficient (Wildman–Crippen LogP) is 3.80. The molecule has 1 rings (SSSR count). The van der Waals surface area contributed by atoms with Crippen LogP contribution in [0.25, 0.3) is 4.91 Å². The van der Waals surface area contributed by atoms with Gasteiger partial charge in [0.25, 0.3) is 0 Å². The maximum absolute atomic E-state index is 4.03. The van der Waals surface area contributed by atoms with E-state index < -0.39 is 0 Å². The number of benzene rings is 1. The molecule has 64 valence electrons. The average molecular weight is 178 g/mol. The van der Waals surface area contributed by atoms with Gasteiger partial charge in [-0.2, -0.15) is 0 Å². The molecule has 1 heteroatoms. The molecule has 0 unspecified atom stereocenters. The summed E-state index contributed by atoms with van der Waals surface area (Å²) in [5.41, 5.74) is 1.23. The van der Waals surface area contributed by atoms with Crippen molar-refractivity contribution in [2.45, 2.75) is 19.1 Å². The molecule has 0 nitrogen and oxygen atoms in total. The minimum atomic E-state index is 0.609. The van der Waals surface area contributed by atoms with Gasteiger partial charge in [0.05, 0.1) is 0 Å². The minimum Gasteiger partial charge on any atom is -0.123 e. The fraction of sp³-hybridized carbons (Fsp3) is 0.273. The third kappa shape index (κ3) is 2.74. The van der Waals surface area contributed by atoms with Gasteiger partial charge in [0, 0.05) is 10.2 Å². The van der Waals surface area contributed by atoms with Crippen molar-refractivity contribution in [1.82, 2.24) is 0 Å². The Bertz CT molecular complexity index is 249. The van der Waals surface area contributed by atoms with Crippen LogP contribution in [0.2, 0.25) is 0 Å². The molecule has 12 heavy (non-hydrogen) atoms. The van der Waals surface area contributed by atoms with Crippen LogP contribution in [0.15, 0.2) is 36.9 Å². The summed E-state index contributed by atoms with van der Waals surface area (Å²) in [5, 5.41) is 0.609. The zero-order valence-electron chi connectivity index (χ0n) is 7.58. The van der Waals surface area contributed by atoms with Crippen LogP contribution in [0.5, 0.6) is 0 Å². The van der Waals surface area contributed by atoms with Crippen molar-refractivity contribution in [1.29, 1.82) is 0 Å². The highest BCUT2D eigenvalue weighted by Gasteiger charge is 2.00. The van der Waals surface area contributed by atoms with Gasteiger partial charge < -0.3 is 0 Å². The van der Waals surface area contributed by atoms with Gasteiger partial charge in [-0.15, -0.1) is 11.8 Å². The van der Waals surface area contributed by atoms with E-state index in [9.17, 15) is 0 Å². The lowest BCUT2D eigenvalue weighted by molar-refractivity contribution is 1.12. The number of hydrogen-bond acceptors (Lipinski definition) is 1. The van der Waals surface area contributed by atoms with Gasteiger partial charge in [-0.1, -0.05) is 50.8 Å². The fourth-order valence-electron chi connectivity index (χ4n) is 0.977. The minimum absolute atomic E-state index is 0.609. The molecule has 0 spiro atoms. The van der Waals surface area contributed by atoms with Gasteiger partial charge in [0.1, 0.15) is 0 Å². The Hall–Kier alpha value is -0.690. The van der Waals surface area contributed by atoms with E-state index in [1.165, 1.54) is 5.56 Å². The summed E-state index contributed by atoms with van der Waals surface area (Å²) < 4.78 is 0. The van der Waals surface area contributed by atoms with E-state index in [2.05, 4.69) is 32.6 Å². The molecular formula is C11H14S. The number of thioether (sulfide) groups is 1. The van der Waals surface area contributed by atoms with Crippen LogP contribution < -0.4 is 0 Å². The molecule has 0 N–H and O–H groups in total. The molecule has 0 aromatic heterocycles. The Kier molecular flexibility index (Phi) is 3.42. The third-order valence-corrected chi connectivity index (χ3v) is 2.47. The molecule has 0 aliphatic heterocycles. The second-order valence-corrected chi connectivity index (χ2v) is 4.63. The van der Waals surface area contributed by atoms with Crippen molar-refractivity contribution in [2.24, 2.45) is 0 Å². The molecular weight excluding hydrogens is 164 g/mol. The first-order valence-corrected chi connectivity index (χ1v) is 4.99. The molecule has 1 aromatic rings. The Morgan fingerprint density at radius 2 is 1.83 bits per heavy atom. The van der Waals surface area contributed by atoms with Crippen molar-refractivity contribution in [2.75, 3.05) is 0 Å². The zero-order valence-corrected chi connectivity index (χ0v) is 8.40. The van der Waals surface area contributed by atoms with Crippen LogP contribution in [-0.2, 0) is 0 Å². The Morgan fingerprint density at radius 3 is 2.33 bits per heavy atom. The SMILES string of the molecule is C=C(SC(C)C)c1ccccc1. The van der Waals surface area contributed by atoms with Crippen LogP contribution in [0, 0.1) is 0 Å². The van der Waals surface area contributed by atoms with E-state index in [-0.39, 0.29) is 0 Å². The van der Waals surface area contributed by atoms with Gasteiger partial charge in [0.2, 0.25) is 0 Å².